The molecule has 0 aliphatic heterocycles. The second kappa shape index (κ2) is 5.72. The van der Waals surface area contributed by atoms with Gasteiger partial charge in [0.15, 0.2) is 0 Å². The number of anilines is 1. The second-order valence-electron chi connectivity index (χ2n) is 3.63. The van der Waals surface area contributed by atoms with Gasteiger partial charge < -0.3 is 9.73 Å². The number of thioether (sulfide) groups is 1. The topological polar surface area (TPSA) is 51.0 Å². The number of pyridine rings is 1. The van der Waals surface area contributed by atoms with E-state index in [1.54, 1.807) is 18.0 Å². The first-order chi connectivity index (χ1) is 8.28. The lowest BCUT2D eigenvalue weighted by molar-refractivity contribution is 0.454. The third kappa shape index (κ3) is 3.49. The molecule has 2 heterocycles. The van der Waals surface area contributed by atoms with Crippen molar-refractivity contribution in [2.45, 2.75) is 24.8 Å². The van der Waals surface area contributed by atoms with Gasteiger partial charge in [0.2, 0.25) is 0 Å². The van der Waals surface area contributed by atoms with Crippen molar-refractivity contribution in [2.24, 2.45) is 0 Å². The van der Waals surface area contributed by atoms with Crippen molar-refractivity contribution in [3.63, 3.8) is 0 Å². The van der Waals surface area contributed by atoms with Crippen molar-refractivity contribution >= 4 is 17.6 Å². The lowest BCUT2D eigenvalue weighted by Gasteiger charge is -2.02. The highest BCUT2D eigenvalue weighted by atomic mass is 32.2. The molecule has 2 rings (SSSR count). The van der Waals surface area contributed by atoms with Gasteiger partial charge in [-0.05, 0) is 25.5 Å². The first-order valence-corrected chi connectivity index (χ1v) is 6.50. The van der Waals surface area contributed by atoms with Crippen LogP contribution < -0.4 is 5.32 Å². The summed E-state index contributed by atoms with van der Waals surface area (Å²) >= 11 is 1.58. The Morgan fingerprint density at radius 2 is 2.29 bits per heavy atom. The zero-order valence-corrected chi connectivity index (χ0v) is 10.8. The van der Waals surface area contributed by atoms with E-state index >= 15 is 0 Å². The monoisotopic (exact) mass is 249 g/mol. The number of hydrogen-bond acceptors (Lipinski definition) is 5. The molecule has 0 saturated carbocycles. The summed E-state index contributed by atoms with van der Waals surface area (Å²) in [5, 5.41) is 3.87. The minimum Gasteiger partial charge on any atom is -0.440 e. The number of aryl methyl sites for hydroxylation is 1. The molecule has 0 saturated heterocycles. The largest absolute Gasteiger partial charge is 0.440 e. The molecule has 0 unspecified atom stereocenters. The van der Waals surface area contributed by atoms with E-state index in [4.69, 9.17) is 4.42 Å². The Morgan fingerprint density at radius 3 is 2.88 bits per heavy atom. The number of aromatic nitrogens is 2. The van der Waals surface area contributed by atoms with E-state index in [2.05, 4.69) is 28.3 Å². The van der Waals surface area contributed by atoms with Crippen LogP contribution in [0.3, 0.4) is 0 Å². The summed E-state index contributed by atoms with van der Waals surface area (Å²) in [5.41, 5.74) is 2.07. The molecule has 0 fully saturated rings. The lowest BCUT2D eigenvalue weighted by Crippen LogP contribution is -1.98. The highest BCUT2D eigenvalue weighted by molar-refractivity contribution is 7.98. The van der Waals surface area contributed by atoms with E-state index in [9.17, 15) is 0 Å². The average Bonchev–Trinajstić information content (AvgIpc) is 2.75. The summed E-state index contributed by atoms with van der Waals surface area (Å²) in [4.78, 5) is 8.55. The number of nitrogens with zero attached hydrogens (tertiary/aromatic N) is 2. The lowest BCUT2D eigenvalue weighted by atomic mass is 10.3. The predicted molar refractivity (Wildman–Crippen MR) is 69.2 cm³/mol. The fourth-order valence-electron chi connectivity index (χ4n) is 1.34. The van der Waals surface area contributed by atoms with Crippen LogP contribution in [0, 0.1) is 6.92 Å². The van der Waals surface area contributed by atoms with Crippen molar-refractivity contribution < 1.29 is 4.42 Å². The molecule has 4 nitrogen and oxygen atoms in total. The summed E-state index contributed by atoms with van der Waals surface area (Å²) in [6.45, 7) is 4.85. The minimum absolute atomic E-state index is 0.707. The van der Waals surface area contributed by atoms with Crippen LogP contribution in [0.4, 0.5) is 5.82 Å². The fraction of sp³-hybridized carbons (Fsp3) is 0.333. The molecule has 0 radical (unpaired) electrons. The van der Waals surface area contributed by atoms with Gasteiger partial charge in [-0.15, -0.1) is 0 Å². The molecule has 1 N–H and O–H groups in total. The van der Waals surface area contributed by atoms with Gasteiger partial charge in [-0.1, -0.05) is 17.8 Å². The van der Waals surface area contributed by atoms with Crippen LogP contribution in [0.1, 0.15) is 18.2 Å². The molecule has 0 atom stereocenters. The number of oxazole rings is 1. The molecule has 0 aliphatic carbocycles. The number of hydrogen-bond donors (Lipinski definition) is 1. The van der Waals surface area contributed by atoms with E-state index in [1.807, 2.05) is 19.2 Å². The van der Waals surface area contributed by atoms with Gasteiger partial charge in [-0.25, -0.2) is 9.97 Å². The molecule has 0 aliphatic rings. The van der Waals surface area contributed by atoms with Gasteiger partial charge in [0.25, 0.3) is 5.22 Å². The summed E-state index contributed by atoms with van der Waals surface area (Å²) in [7, 11) is 0. The summed E-state index contributed by atoms with van der Waals surface area (Å²) in [6.07, 6.45) is 3.54. The van der Waals surface area contributed by atoms with E-state index in [1.165, 1.54) is 0 Å². The Hall–Kier alpha value is -1.49. The van der Waals surface area contributed by atoms with E-state index in [0.29, 0.717) is 5.22 Å². The summed E-state index contributed by atoms with van der Waals surface area (Å²) < 4.78 is 5.27. The van der Waals surface area contributed by atoms with Crippen LogP contribution in [0.25, 0.3) is 0 Å². The molecular weight excluding hydrogens is 234 g/mol. The van der Waals surface area contributed by atoms with E-state index < -0.39 is 0 Å². The first-order valence-electron chi connectivity index (χ1n) is 5.51. The molecule has 0 aromatic carbocycles. The van der Waals surface area contributed by atoms with Crippen LogP contribution in [0.15, 0.2) is 34.2 Å². The highest BCUT2D eigenvalue weighted by Gasteiger charge is 2.02. The first kappa shape index (κ1) is 12.0. The van der Waals surface area contributed by atoms with Crippen LogP contribution in [-0.2, 0) is 5.75 Å². The molecule has 90 valence electrons. The van der Waals surface area contributed by atoms with Crippen LogP contribution >= 0.6 is 11.8 Å². The van der Waals surface area contributed by atoms with Crippen LogP contribution in [0.2, 0.25) is 0 Å². The van der Waals surface area contributed by atoms with Gasteiger partial charge in [-0.3, -0.25) is 0 Å². The van der Waals surface area contributed by atoms with Gasteiger partial charge in [0, 0.05) is 18.5 Å². The van der Waals surface area contributed by atoms with Crippen LogP contribution in [0.5, 0.6) is 0 Å². The molecular formula is C12H15N3OS. The smallest absolute Gasteiger partial charge is 0.256 e. The standard InChI is InChI=1S/C12H15N3OS/c1-3-13-11-5-4-10(6-14-11)8-17-12-15-9(2)7-16-12/h4-7H,3,8H2,1-2H3,(H,13,14). The Kier molecular flexibility index (Phi) is 4.03. The zero-order valence-electron chi connectivity index (χ0n) is 9.93. The molecule has 0 spiro atoms. The Labute approximate surface area is 105 Å². The Bertz CT molecular complexity index is 467. The fourth-order valence-corrected chi connectivity index (χ4v) is 2.12. The molecule has 0 amide bonds. The summed E-state index contributed by atoms with van der Waals surface area (Å²) in [5.74, 6) is 1.73. The van der Waals surface area contributed by atoms with E-state index in [0.717, 1.165) is 29.4 Å². The van der Waals surface area contributed by atoms with Crippen molar-refractivity contribution in [1.82, 2.24) is 9.97 Å². The summed E-state index contributed by atoms with van der Waals surface area (Å²) in [6, 6.07) is 4.05. The molecule has 0 bridgehead atoms. The number of rotatable bonds is 5. The third-order valence-corrected chi connectivity index (χ3v) is 3.06. The Morgan fingerprint density at radius 1 is 1.41 bits per heavy atom. The molecule has 5 heteroatoms. The Balaban J connectivity index is 1.90. The molecule has 2 aromatic heterocycles. The van der Waals surface area contributed by atoms with E-state index in [-0.39, 0.29) is 0 Å². The van der Waals surface area contributed by atoms with Gasteiger partial charge in [0.05, 0.1) is 5.69 Å². The molecule has 2 aromatic rings. The maximum Gasteiger partial charge on any atom is 0.256 e. The van der Waals surface area contributed by atoms with Crippen molar-refractivity contribution in [1.29, 1.82) is 0 Å². The maximum atomic E-state index is 5.27. The normalized spacial score (nSPS) is 10.5. The van der Waals surface area contributed by atoms with Crippen molar-refractivity contribution in [3.05, 3.63) is 35.9 Å². The highest BCUT2D eigenvalue weighted by Crippen LogP contribution is 2.21. The number of nitrogens with one attached hydrogen (secondary N) is 1. The average molecular weight is 249 g/mol. The SMILES string of the molecule is CCNc1ccc(CSc2nc(C)co2)cn1. The predicted octanol–water partition coefficient (Wildman–Crippen LogP) is 3.10. The zero-order chi connectivity index (χ0) is 12.1. The second-order valence-corrected chi connectivity index (χ2v) is 4.55. The maximum absolute atomic E-state index is 5.27. The van der Waals surface area contributed by atoms with Crippen molar-refractivity contribution in [2.75, 3.05) is 11.9 Å². The third-order valence-electron chi connectivity index (χ3n) is 2.14. The molecule has 17 heavy (non-hydrogen) atoms. The quantitative estimate of drug-likeness (QED) is 0.825. The van der Waals surface area contributed by atoms with Crippen molar-refractivity contribution in [3.8, 4) is 0 Å². The minimum atomic E-state index is 0.707. The van der Waals surface area contributed by atoms with Gasteiger partial charge in [-0.2, -0.15) is 0 Å². The van der Waals surface area contributed by atoms with Gasteiger partial charge in [0.1, 0.15) is 12.1 Å². The van der Waals surface area contributed by atoms with Gasteiger partial charge >= 0.3 is 0 Å². The van der Waals surface area contributed by atoms with Crippen LogP contribution in [-0.4, -0.2) is 16.5 Å².